The van der Waals surface area contributed by atoms with E-state index in [9.17, 15) is 0 Å². The monoisotopic (exact) mass is 238 g/mol. The second kappa shape index (κ2) is 4.22. The molecule has 0 saturated heterocycles. The predicted molar refractivity (Wildman–Crippen MR) is 72.9 cm³/mol. The lowest BCUT2D eigenvalue weighted by Crippen LogP contribution is -1.89. The number of benzene rings is 2. The predicted octanol–water partition coefficient (Wildman–Crippen LogP) is 4.42. The van der Waals surface area contributed by atoms with Crippen molar-refractivity contribution >= 4 is 10.8 Å². The average molecular weight is 238 g/mol. The Labute approximate surface area is 106 Å². The molecule has 2 aromatic carbocycles. The fourth-order valence-corrected chi connectivity index (χ4v) is 2.27. The molecule has 1 heterocycles. The van der Waals surface area contributed by atoms with Crippen molar-refractivity contribution in [2.45, 2.75) is 6.92 Å². The maximum Gasteiger partial charge on any atom is 0.138 e. The van der Waals surface area contributed by atoms with Crippen LogP contribution in [-0.4, -0.2) is 7.11 Å². The van der Waals surface area contributed by atoms with Crippen LogP contribution >= 0.6 is 0 Å². The fourth-order valence-electron chi connectivity index (χ4n) is 2.27. The van der Waals surface area contributed by atoms with Crippen LogP contribution in [0.4, 0.5) is 0 Å². The lowest BCUT2D eigenvalue weighted by atomic mass is 10.00. The SMILES string of the molecule is COc1ccc2cc(C)ccc2c1-c1ccco1. The lowest BCUT2D eigenvalue weighted by Gasteiger charge is -2.10. The highest BCUT2D eigenvalue weighted by atomic mass is 16.5. The molecule has 90 valence electrons. The molecule has 0 fully saturated rings. The minimum Gasteiger partial charge on any atom is -0.496 e. The van der Waals surface area contributed by atoms with Gasteiger partial charge in [0.1, 0.15) is 11.5 Å². The first-order chi connectivity index (χ1) is 8.79. The van der Waals surface area contributed by atoms with Gasteiger partial charge in [0.15, 0.2) is 0 Å². The standard InChI is InChI=1S/C16H14O2/c1-11-5-7-13-12(10-11)6-8-14(17-2)16(13)15-4-3-9-18-15/h3-10H,1-2H3. The van der Waals surface area contributed by atoms with Gasteiger partial charge in [-0.3, -0.25) is 0 Å². The maximum atomic E-state index is 5.52. The molecule has 0 saturated carbocycles. The highest BCUT2D eigenvalue weighted by Gasteiger charge is 2.12. The Morgan fingerprint density at radius 3 is 2.67 bits per heavy atom. The number of hydrogen-bond donors (Lipinski definition) is 0. The Balaban J connectivity index is 2.38. The van der Waals surface area contributed by atoms with Crippen LogP contribution in [0.15, 0.2) is 53.1 Å². The molecule has 2 heteroatoms. The van der Waals surface area contributed by atoms with E-state index in [0.717, 1.165) is 22.5 Å². The summed E-state index contributed by atoms with van der Waals surface area (Å²) >= 11 is 0. The topological polar surface area (TPSA) is 22.4 Å². The molecular weight excluding hydrogens is 224 g/mol. The van der Waals surface area contributed by atoms with E-state index in [4.69, 9.17) is 9.15 Å². The molecule has 0 spiro atoms. The molecule has 2 nitrogen and oxygen atoms in total. The second-order valence-corrected chi connectivity index (χ2v) is 4.34. The first kappa shape index (κ1) is 10.9. The van der Waals surface area contributed by atoms with Crippen LogP contribution in [0.1, 0.15) is 5.56 Å². The van der Waals surface area contributed by atoms with Gasteiger partial charge in [-0.25, -0.2) is 0 Å². The number of methoxy groups -OCH3 is 1. The minimum atomic E-state index is 0.835. The Hall–Kier alpha value is -2.22. The number of hydrogen-bond acceptors (Lipinski definition) is 2. The first-order valence-corrected chi connectivity index (χ1v) is 5.91. The van der Waals surface area contributed by atoms with Crippen LogP contribution < -0.4 is 4.74 Å². The quantitative estimate of drug-likeness (QED) is 0.659. The molecule has 0 radical (unpaired) electrons. The highest BCUT2D eigenvalue weighted by molar-refractivity contribution is 5.98. The van der Waals surface area contributed by atoms with Gasteiger partial charge in [-0.1, -0.05) is 29.8 Å². The van der Waals surface area contributed by atoms with Crippen molar-refractivity contribution in [3.05, 3.63) is 54.3 Å². The summed E-state index contributed by atoms with van der Waals surface area (Å²) in [5.74, 6) is 1.67. The molecule has 0 aliphatic carbocycles. The van der Waals surface area contributed by atoms with Crippen molar-refractivity contribution in [3.8, 4) is 17.1 Å². The third-order valence-corrected chi connectivity index (χ3v) is 3.12. The third-order valence-electron chi connectivity index (χ3n) is 3.12. The summed E-state index contributed by atoms with van der Waals surface area (Å²) in [7, 11) is 1.68. The summed E-state index contributed by atoms with van der Waals surface area (Å²) in [6.07, 6.45) is 1.68. The van der Waals surface area contributed by atoms with Crippen LogP contribution in [-0.2, 0) is 0 Å². The van der Waals surface area contributed by atoms with Gasteiger partial charge in [-0.05, 0) is 35.9 Å². The van der Waals surface area contributed by atoms with E-state index >= 15 is 0 Å². The van der Waals surface area contributed by atoms with Crippen LogP contribution in [0.25, 0.3) is 22.1 Å². The molecule has 0 bridgehead atoms. The van der Waals surface area contributed by atoms with Crippen LogP contribution in [0.5, 0.6) is 5.75 Å². The molecule has 18 heavy (non-hydrogen) atoms. The van der Waals surface area contributed by atoms with Gasteiger partial charge in [0.25, 0.3) is 0 Å². The highest BCUT2D eigenvalue weighted by Crippen LogP contribution is 2.37. The Morgan fingerprint density at radius 2 is 1.94 bits per heavy atom. The molecular formula is C16H14O2. The summed E-state index contributed by atoms with van der Waals surface area (Å²) in [6.45, 7) is 2.09. The Morgan fingerprint density at radius 1 is 1.06 bits per heavy atom. The normalized spacial score (nSPS) is 10.8. The van der Waals surface area contributed by atoms with E-state index < -0.39 is 0 Å². The number of ether oxygens (including phenoxy) is 1. The van der Waals surface area contributed by atoms with Gasteiger partial charge < -0.3 is 9.15 Å². The van der Waals surface area contributed by atoms with Crippen molar-refractivity contribution < 1.29 is 9.15 Å². The number of furan rings is 1. The Bertz CT molecular complexity index is 682. The molecule has 0 N–H and O–H groups in total. The van der Waals surface area contributed by atoms with Gasteiger partial charge in [0.2, 0.25) is 0 Å². The molecule has 0 amide bonds. The Kier molecular flexibility index (Phi) is 2.56. The molecule has 0 atom stereocenters. The van der Waals surface area contributed by atoms with Crippen molar-refractivity contribution in [2.24, 2.45) is 0 Å². The van der Waals surface area contributed by atoms with Crippen LogP contribution in [0, 0.1) is 6.92 Å². The van der Waals surface area contributed by atoms with Gasteiger partial charge >= 0.3 is 0 Å². The molecule has 0 aliphatic rings. The van der Waals surface area contributed by atoms with Gasteiger partial charge in [-0.15, -0.1) is 0 Å². The van der Waals surface area contributed by atoms with Crippen molar-refractivity contribution in [1.29, 1.82) is 0 Å². The number of rotatable bonds is 2. The van der Waals surface area contributed by atoms with Crippen molar-refractivity contribution in [3.63, 3.8) is 0 Å². The number of fused-ring (bicyclic) bond motifs is 1. The number of aryl methyl sites for hydroxylation is 1. The van der Waals surface area contributed by atoms with Gasteiger partial charge in [0.05, 0.1) is 18.9 Å². The summed E-state index contributed by atoms with van der Waals surface area (Å²) in [5, 5.41) is 2.34. The summed E-state index contributed by atoms with van der Waals surface area (Å²) in [5.41, 5.74) is 2.26. The molecule has 0 unspecified atom stereocenters. The van der Waals surface area contributed by atoms with E-state index in [1.165, 1.54) is 10.9 Å². The van der Waals surface area contributed by atoms with Crippen LogP contribution in [0.3, 0.4) is 0 Å². The lowest BCUT2D eigenvalue weighted by molar-refractivity contribution is 0.415. The van der Waals surface area contributed by atoms with Gasteiger partial charge in [-0.2, -0.15) is 0 Å². The average Bonchev–Trinajstić information content (AvgIpc) is 2.90. The summed E-state index contributed by atoms with van der Waals surface area (Å²) < 4.78 is 11.0. The zero-order valence-electron chi connectivity index (χ0n) is 10.4. The molecule has 3 aromatic rings. The van der Waals surface area contributed by atoms with Crippen molar-refractivity contribution in [2.75, 3.05) is 7.11 Å². The van der Waals surface area contributed by atoms with E-state index in [2.05, 4.69) is 31.2 Å². The van der Waals surface area contributed by atoms with E-state index in [-0.39, 0.29) is 0 Å². The summed E-state index contributed by atoms with van der Waals surface area (Å²) in [4.78, 5) is 0. The minimum absolute atomic E-state index is 0.835. The largest absolute Gasteiger partial charge is 0.496 e. The molecule has 1 aromatic heterocycles. The van der Waals surface area contributed by atoms with E-state index in [1.54, 1.807) is 13.4 Å². The van der Waals surface area contributed by atoms with E-state index in [0.29, 0.717) is 0 Å². The summed E-state index contributed by atoms with van der Waals surface area (Å²) in [6, 6.07) is 14.3. The zero-order chi connectivity index (χ0) is 12.5. The third kappa shape index (κ3) is 1.66. The molecule has 3 rings (SSSR count). The van der Waals surface area contributed by atoms with Crippen molar-refractivity contribution in [1.82, 2.24) is 0 Å². The molecule has 0 aliphatic heterocycles. The first-order valence-electron chi connectivity index (χ1n) is 5.91. The van der Waals surface area contributed by atoms with Gasteiger partial charge in [0, 0.05) is 0 Å². The maximum absolute atomic E-state index is 5.52. The van der Waals surface area contributed by atoms with E-state index in [1.807, 2.05) is 18.2 Å². The fraction of sp³-hybridized carbons (Fsp3) is 0.125. The van der Waals surface area contributed by atoms with Crippen LogP contribution in [0.2, 0.25) is 0 Å². The smallest absolute Gasteiger partial charge is 0.138 e. The second-order valence-electron chi connectivity index (χ2n) is 4.34. The zero-order valence-corrected chi connectivity index (χ0v) is 10.4.